The highest BCUT2D eigenvalue weighted by molar-refractivity contribution is 7.78. The number of hydrogen-bond acceptors (Lipinski definition) is 4. The summed E-state index contributed by atoms with van der Waals surface area (Å²) in [4.78, 5) is 11.9. The average Bonchev–Trinajstić information content (AvgIpc) is 2.59. The zero-order valence-corrected chi connectivity index (χ0v) is 13.9. The number of amides is 1. The summed E-state index contributed by atoms with van der Waals surface area (Å²) in [5.74, 6) is 0.406. The fraction of sp³-hybridized carbons (Fsp3) is 0.923. The number of nitrogens with zero attached hydrogens (tertiary/aromatic N) is 1. The normalized spacial score (nSPS) is 23.1. The third kappa shape index (κ3) is 6.38. The lowest BCUT2D eigenvalue weighted by Gasteiger charge is -2.26. The Bertz CT molecular complexity index is 312. The van der Waals surface area contributed by atoms with E-state index >= 15 is 0 Å². The van der Waals surface area contributed by atoms with Crippen molar-refractivity contribution in [2.75, 3.05) is 6.61 Å². The van der Waals surface area contributed by atoms with Crippen LogP contribution in [0, 0.1) is 5.92 Å². The molecule has 1 heterocycles. The molecule has 0 saturated carbocycles. The highest BCUT2D eigenvalue weighted by Gasteiger charge is 2.39. The summed E-state index contributed by atoms with van der Waals surface area (Å²) in [6.07, 6.45) is 0.185. The zero-order chi connectivity index (χ0) is 15.2. The summed E-state index contributed by atoms with van der Waals surface area (Å²) >= 11 is -1.71. The number of carbonyl (C=O) groups is 1. The molecule has 114 valence electrons. The molecule has 1 amide bonds. The standard InChI is InChI=1S/C11H21NO4S.C2H6/c1-8(2)6-9-7-15-17(14)12(9)10(13)16-11(3,4)5;1-2/h8-9H,6-7H2,1-5H3;1-2H3. The summed E-state index contributed by atoms with van der Waals surface area (Å²) < 4.78 is 23.0. The summed E-state index contributed by atoms with van der Waals surface area (Å²) in [6, 6.07) is -0.161. The first-order chi connectivity index (χ1) is 8.70. The van der Waals surface area contributed by atoms with E-state index in [0.717, 1.165) is 6.42 Å². The van der Waals surface area contributed by atoms with Crippen LogP contribution >= 0.6 is 0 Å². The third-order valence-corrected chi connectivity index (χ3v) is 3.28. The second-order valence-electron chi connectivity index (χ2n) is 5.59. The molecular formula is C13H27NO4S. The van der Waals surface area contributed by atoms with Gasteiger partial charge in [0.2, 0.25) is 0 Å². The molecule has 2 atom stereocenters. The van der Waals surface area contributed by atoms with Gasteiger partial charge in [-0.15, -0.1) is 0 Å². The van der Waals surface area contributed by atoms with Gasteiger partial charge in [-0.05, 0) is 33.1 Å². The molecule has 19 heavy (non-hydrogen) atoms. The molecule has 0 spiro atoms. The second kappa shape index (κ2) is 7.85. The molecule has 1 aliphatic heterocycles. The zero-order valence-electron chi connectivity index (χ0n) is 13.1. The molecule has 0 bridgehead atoms. The van der Waals surface area contributed by atoms with Gasteiger partial charge in [-0.25, -0.2) is 9.00 Å². The van der Waals surface area contributed by atoms with Gasteiger partial charge >= 0.3 is 6.09 Å². The molecule has 5 nitrogen and oxygen atoms in total. The smallest absolute Gasteiger partial charge is 0.424 e. The topological polar surface area (TPSA) is 55.8 Å². The van der Waals surface area contributed by atoms with E-state index in [1.807, 2.05) is 13.8 Å². The Morgan fingerprint density at radius 1 is 1.42 bits per heavy atom. The Balaban J connectivity index is 0.00000154. The van der Waals surface area contributed by atoms with E-state index < -0.39 is 23.0 Å². The highest BCUT2D eigenvalue weighted by atomic mass is 32.2. The van der Waals surface area contributed by atoms with Gasteiger partial charge in [-0.2, -0.15) is 4.31 Å². The SMILES string of the molecule is CC.CC(C)CC1COS(=O)N1C(=O)OC(C)(C)C. The Morgan fingerprint density at radius 3 is 2.37 bits per heavy atom. The van der Waals surface area contributed by atoms with E-state index in [0.29, 0.717) is 12.5 Å². The lowest BCUT2D eigenvalue weighted by Crippen LogP contribution is -2.41. The number of rotatable bonds is 2. The molecule has 0 aromatic carbocycles. The maximum absolute atomic E-state index is 11.9. The van der Waals surface area contributed by atoms with E-state index in [2.05, 4.69) is 13.8 Å². The predicted octanol–water partition coefficient (Wildman–Crippen LogP) is 3.27. The van der Waals surface area contributed by atoms with Gasteiger partial charge in [-0.3, -0.25) is 4.18 Å². The fourth-order valence-corrected chi connectivity index (χ4v) is 2.54. The Labute approximate surface area is 119 Å². The van der Waals surface area contributed by atoms with Crippen molar-refractivity contribution >= 4 is 17.4 Å². The van der Waals surface area contributed by atoms with Gasteiger partial charge in [0.25, 0.3) is 11.3 Å². The molecule has 1 aliphatic rings. The Kier molecular flexibility index (Phi) is 7.59. The molecule has 0 N–H and O–H groups in total. The minimum atomic E-state index is -1.71. The van der Waals surface area contributed by atoms with Gasteiger partial charge in [0.15, 0.2) is 0 Å². The van der Waals surface area contributed by atoms with Crippen molar-refractivity contribution in [3.8, 4) is 0 Å². The Morgan fingerprint density at radius 2 is 1.95 bits per heavy atom. The minimum Gasteiger partial charge on any atom is -0.443 e. The molecule has 0 radical (unpaired) electrons. The predicted molar refractivity (Wildman–Crippen MR) is 76.8 cm³/mol. The van der Waals surface area contributed by atoms with Crippen LogP contribution in [-0.2, 0) is 20.2 Å². The van der Waals surface area contributed by atoms with E-state index in [1.54, 1.807) is 20.8 Å². The third-order valence-electron chi connectivity index (χ3n) is 2.17. The van der Waals surface area contributed by atoms with Crippen molar-refractivity contribution in [3.05, 3.63) is 0 Å². The van der Waals surface area contributed by atoms with Gasteiger partial charge in [0.1, 0.15) is 5.60 Å². The first-order valence-electron chi connectivity index (χ1n) is 6.78. The molecular weight excluding hydrogens is 266 g/mol. The van der Waals surface area contributed by atoms with Crippen molar-refractivity contribution < 1.29 is 17.9 Å². The second-order valence-corrected chi connectivity index (χ2v) is 6.65. The van der Waals surface area contributed by atoms with E-state index in [9.17, 15) is 9.00 Å². The first-order valence-corrected chi connectivity index (χ1v) is 7.81. The highest BCUT2D eigenvalue weighted by Crippen LogP contribution is 2.23. The maximum Gasteiger partial charge on any atom is 0.424 e. The van der Waals surface area contributed by atoms with Crippen molar-refractivity contribution in [3.63, 3.8) is 0 Å². The van der Waals surface area contributed by atoms with E-state index in [-0.39, 0.29) is 6.04 Å². The van der Waals surface area contributed by atoms with Crippen LogP contribution < -0.4 is 0 Å². The summed E-state index contributed by atoms with van der Waals surface area (Å²) in [7, 11) is 0. The molecule has 6 heteroatoms. The summed E-state index contributed by atoms with van der Waals surface area (Å²) in [5.41, 5.74) is -0.591. The first kappa shape index (κ1) is 18.4. The largest absolute Gasteiger partial charge is 0.443 e. The molecule has 0 aromatic rings. The van der Waals surface area contributed by atoms with Crippen molar-refractivity contribution in [1.82, 2.24) is 4.31 Å². The fourth-order valence-electron chi connectivity index (χ4n) is 1.61. The van der Waals surface area contributed by atoms with Crippen LogP contribution in [-0.4, -0.2) is 32.9 Å². The van der Waals surface area contributed by atoms with Gasteiger partial charge in [-0.1, -0.05) is 27.7 Å². The van der Waals surface area contributed by atoms with E-state index in [4.69, 9.17) is 8.92 Å². The van der Waals surface area contributed by atoms with Crippen molar-refractivity contribution in [1.29, 1.82) is 0 Å². The van der Waals surface area contributed by atoms with Gasteiger partial charge in [0.05, 0.1) is 12.6 Å². The monoisotopic (exact) mass is 293 g/mol. The average molecular weight is 293 g/mol. The van der Waals surface area contributed by atoms with Crippen LogP contribution in [0.4, 0.5) is 4.79 Å². The molecule has 1 fully saturated rings. The molecule has 0 aliphatic carbocycles. The van der Waals surface area contributed by atoms with Crippen LogP contribution in [0.2, 0.25) is 0 Å². The van der Waals surface area contributed by atoms with Crippen LogP contribution in [0.25, 0.3) is 0 Å². The number of carbonyl (C=O) groups excluding carboxylic acids is 1. The summed E-state index contributed by atoms with van der Waals surface area (Å²) in [5, 5.41) is 0. The minimum absolute atomic E-state index is 0.161. The molecule has 1 saturated heterocycles. The Hall–Kier alpha value is -0.620. The van der Waals surface area contributed by atoms with Gasteiger partial charge < -0.3 is 4.74 Å². The molecule has 0 aromatic heterocycles. The lowest BCUT2D eigenvalue weighted by molar-refractivity contribution is 0.0352. The number of ether oxygens (including phenoxy) is 1. The van der Waals surface area contributed by atoms with Crippen LogP contribution in [0.5, 0.6) is 0 Å². The van der Waals surface area contributed by atoms with Crippen molar-refractivity contribution in [2.24, 2.45) is 5.92 Å². The number of hydrogen-bond donors (Lipinski definition) is 0. The molecule has 1 rings (SSSR count). The maximum atomic E-state index is 11.9. The quantitative estimate of drug-likeness (QED) is 0.784. The summed E-state index contributed by atoms with van der Waals surface area (Å²) in [6.45, 7) is 13.7. The lowest BCUT2D eigenvalue weighted by atomic mass is 10.0. The van der Waals surface area contributed by atoms with Crippen LogP contribution in [0.3, 0.4) is 0 Å². The van der Waals surface area contributed by atoms with Gasteiger partial charge in [0, 0.05) is 0 Å². The van der Waals surface area contributed by atoms with Crippen LogP contribution in [0.1, 0.15) is 54.9 Å². The van der Waals surface area contributed by atoms with Crippen molar-refractivity contribution in [2.45, 2.75) is 66.5 Å². The van der Waals surface area contributed by atoms with E-state index in [1.165, 1.54) is 4.31 Å². The van der Waals surface area contributed by atoms with Crippen LogP contribution in [0.15, 0.2) is 0 Å². The molecule has 2 unspecified atom stereocenters.